The Balaban J connectivity index is 2.43. The number of aliphatic hydroxyl groups is 5. The monoisotopic (exact) mass is 325 g/mol. The molecule has 0 saturated carbocycles. The molecule has 7 heteroatoms. The van der Waals surface area contributed by atoms with Crippen molar-refractivity contribution in [2.24, 2.45) is 0 Å². The Morgan fingerprint density at radius 2 is 1.95 bits per heavy atom. The molecule has 1 aliphatic heterocycles. The molecule has 1 rings (SSSR count). The first kappa shape index (κ1) is 19.2. The summed E-state index contributed by atoms with van der Waals surface area (Å²) in [6.07, 6.45) is -0.284. The van der Waals surface area contributed by atoms with Crippen LogP contribution in [0.4, 0.5) is 0 Å². The van der Waals surface area contributed by atoms with E-state index in [9.17, 15) is 25.5 Å². The lowest BCUT2D eigenvalue weighted by atomic mass is 10.2. The molecular formula is C14H29O6S+. The molecule has 1 fully saturated rings. The van der Waals surface area contributed by atoms with Crippen LogP contribution in [0.3, 0.4) is 0 Å². The Morgan fingerprint density at radius 3 is 2.52 bits per heavy atom. The van der Waals surface area contributed by atoms with Crippen LogP contribution in [0, 0.1) is 0 Å². The van der Waals surface area contributed by atoms with Gasteiger partial charge in [0.1, 0.15) is 35.9 Å². The van der Waals surface area contributed by atoms with E-state index in [-0.39, 0.29) is 13.2 Å². The van der Waals surface area contributed by atoms with Crippen LogP contribution in [-0.4, -0.2) is 86.5 Å². The first-order valence-electron chi connectivity index (χ1n) is 7.58. The third-order valence-electron chi connectivity index (χ3n) is 3.84. The summed E-state index contributed by atoms with van der Waals surface area (Å²) in [7, 11) is -0.478. The second-order valence-corrected chi connectivity index (χ2v) is 7.86. The summed E-state index contributed by atoms with van der Waals surface area (Å²) in [5.41, 5.74) is 0. The van der Waals surface area contributed by atoms with Crippen LogP contribution in [0.1, 0.15) is 26.2 Å². The van der Waals surface area contributed by atoms with Crippen molar-refractivity contribution in [2.45, 2.75) is 55.9 Å². The average molecular weight is 325 g/mol. The van der Waals surface area contributed by atoms with Gasteiger partial charge in [0.2, 0.25) is 0 Å². The van der Waals surface area contributed by atoms with E-state index >= 15 is 0 Å². The molecular weight excluding hydrogens is 296 g/mol. The van der Waals surface area contributed by atoms with Gasteiger partial charge in [-0.1, -0.05) is 19.8 Å². The zero-order chi connectivity index (χ0) is 15.8. The van der Waals surface area contributed by atoms with Crippen molar-refractivity contribution >= 4 is 10.9 Å². The first-order valence-corrected chi connectivity index (χ1v) is 9.21. The van der Waals surface area contributed by atoms with Gasteiger partial charge in [-0.25, -0.2) is 0 Å². The Morgan fingerprint density at radius 1 is 1.24 bits per heavy atom. The van der Waals surface area contributed by atoms with Gasteiger partial charge in [-0.3, -0.25) is 0 Å². The molecule has 21 heavy (non-hydrogen) atoms. The van der Waals surface area contributed by atoms with E-state index in [4.69, 9.17) is 4.74 Å². The van der Waals surface area contributed by atoms with Crippen molar-refractivity contribution in [3.8, 4) is 0 Å². The van der Waals surface area contributed by atoms with Crippen LogP contribution >= 0.6 is 0 Å². The average Bonchev–Trinajstić information content (AvgIpc) is 2.73. The molecule has 1 saturated heterocycles. The highest BCUT2D eigenvalue weighted by atomic mass is 32.2. The van der Waals surface area contributed by atoms with E-state index in [1.807, 2.05) is 0 Å². The predicted octanol–water partition coefficient (Wildman–Crippen LogP) is -1.37. The van der Waals surface area contributed by atoms with Crippen LogP contribution < -0.4 is 0 Å². The summed E-state index contributed by atoms with van der Waals surface area (Å²) < 4.78 is 5.50. The molecule has 0 aromatic rings. The van der Waals surface area contributed by atoms with Gasteiger partial charge in [-0.15, -0.1) is 0 Å². The minimum atomic E-state index is -0.941. The van der Waals surface area contributed by atoms with Crippen molar-refractivity contribution in [2.75, 3.05) is 31.3 Å². The number of hydrogen-bond acceptors (Lipinski definition) is 6. The van der Waals surface area contributed by atoms with Crippen molar-refractivity contribution in [1.82, 2.24) is 0 Å². The molecule has 0 bridgehead atoms. The standard InChI is InChI=1S/C14H29O6S/c1-2-3-4-5-20-12(6-15)10(17)8-21-9-11(18)14(19)13(21)7-16/h10-19H,2-9H2,1H3/q+1/t10-,11-,12+,13-,14+,21?/m1/s1. The van der Waals surface area contributed by atoms with Gasteiger partial charge < -0.3 is 30.3 Å². The Kier molecular flexibility index (Phi) is 9.12. The predicted molar refractivity (Wildman–Crippen MR) is 82.3 cm³/mol. The molecule has 0 aliphatic carbocycles. The summed E-state index contributed by atoms with van der Waals surface area (Å²) in [5.74, 6) is 0.690. The van der Waals surface area contributed by atoms with E-state index in [0.717, 1.165) is 19.3 Å². The SMILES string of the molecule is CCCCCO[C@@H](CO)[C@H](O)C[S+]1C[C@@H](O)[C@H](O)[C@H]1CO. The summed E-state index contributed by atoms with van der Waals surface area (Å²) in [5, 5.41) is 47.8. The molecule has 0 spiro atoms. The fraction of sp³-hybridized carbons (Fsp3) is 1.00. The lowest BCUT2D eigenvalue weighted by molar-refractivity contribution is -0.0554. The summed E-state index contributed by atoms with van der Waals surface area (Å²) in [4.78, 5) is 0. The number of hydrogen-bond donors (Lipinski definition) is 5. The van der Waals surface area contributed by atoms with E-state index < -0.39 is 40.6 Å². The normalized spacial score (nSPS) is 32.3. The van der Waals surface area contributed by atoms with Gasteiger partial charge in [0.15, 0.2) is 5.25 Å². The minimum absolute atomic E-state index is 0.213. The van der Waals surface area contributed by atoms with E-state index in [2.05, 4.69) is 6.92 Å². The maximum absolute atomic E-state index is 10.2. The molecule has 0 aromatic carbocycles. The molecule has 1 heterocycles. The Labute approximate surface area is 129 Å². The molecule has 0 aromatic heterocycles. The van der Waals surface area contributed by atoms with Crippen molar-refractivity contribution < 1.29 is 30.3 Å². The minimum Gasteiger partial charge on any atom is -0.394 e. The number of ether oxygens (including phenoxy) is 1. The van der Waals surface area contributed by atoms with Crippen LogP contribution in [-0.2, 0) is 15.6 Å². The highest BCUT2D eigenvalue weighted by Gasteiger charge is 2.50. The van der Waals surface area contributed by atoms with Gasteiger partial charge in [-0.05, 0) is 6.42 Å². The van der Waals surface area contributed by atoms with E-state index in [1.165, 1.54) is 0 Å². The summed E-state index contributed by atoms with van der Waals surface area (Å²) >= 11 is 0. The highest BCUT2D eigenvalue weighted by molar-refractivity contribution is 7.97. The summed E-state index contributed by atoms with van der Waals surface area (Å²) in [6, 6.07) is 0. The second kappa shape index (κ2) is 9.99. The number of rotatable bonds is 10. The van der Waals surface area contributed by atoms with Gasteiger partial charge in [0.05, 0.1) is 13.2 Å². The van der Waals surface area contributed by atoms with Gasteiger partial charge in [0.25, 0.3) is 0 Å². The lowest BCUT2D eigenvalue weighted by Gasteiger charge is -2.22. The number of unbranched alkanes of at least 4 members (excludes halogenated alkanes) is 2. The first-order chi connectivity index (χ1) is 10.0. The molecule has 0 radical (unpaired) electrons. The molecule has 1 aliphatic rings. The molecule has 6 atom stereocenters. The van der Waals surface area contributed by atoms with Crippen molar-refractivity contribution in [3.05, 3.63) is 0 Å². The Bertz CT molecular complexity index is 280. The summed E-state index contributed by atoms with van der Waals surface area (Å²) in [6.45, 7) is 2.11. The van der Waals surface area contributed by atoms with Gasteiger partial charge in [0, 0.05) is 17.5 Å². The van der Waals surface area contributed by atoms with Crippen LogP contribution in [0.15, 0.2) is 0 Å². The second-order valence-electron chi connectivity index (χ2n) is 5.52. The fourth-order valence-corrected chi connectivity index (χ4v) is 5.20. The highest BCUT2D eigenvalue weighted by Crippen LogP contribution is 2.25. The Hall–Kier alpha value is 0.110. The molecule has 6 nitrogen and oxygen atoms in total. The zero-order valence-electron chi connectivity index (χ0n) is 12.6. The molecule has 5 N–H and O–H groups in total. The third-order valence-corrected chi connectivity index (χ3v) is 6.67. The maximum Gasteiger partial charge on any atom is 0.169 e. The smallest absolute Gasteiger partial charge is 0.169 e. The zero-order valence-corrected chi connectivity index (χ0v) is 13.4. The van der Waals surface area contributed by atoms with Crippen LogP contribution in [0.2, 0.25) is 0 Å². The van der Waals surface area contributed by atoms with Gasteiger partial charge in [-0.2, -0.15) is 0 Å². The maximum atomic E-state index is 10.2. The topological polar surface area (TPSA) is 110 Å². The largest absolute Gasteiger partial charge is 0.394 e. The fourth-order valence-electron chi connectivity index (χ4n) is 2.49. The van der Waals surface area contributed by atoms with Gasteiger partial charge >= 0.3 is 0 Å². The van der Waals surface area contributed by atoms with Crippen molar-refractivity contribution in [1.29, 1.82) is 0 Å². The number of aliphatic hydroxyl groups excluding tert-OH is 5. The quantitative estimate of drug-likeness (QED) is 0.250. The molecule has 126 valence electrons. The van der Waals surface area contributed by atoms with Crippen LogP contribution in [0.25, 0.3) is 0 Å². The molecule has 0 amide bonds. The van der Waals surface area contributed by atoms with Crippen LogP contribution in [0.5, 0.6) is 0 Å². The lowest BCUT2D eigenvalue weighted by Crippen LogP contribution is -2.42. The van der Waals surface area contributed by atoms with E-state index in [1.54, 1.807) is 0 Å². The van der Waals surface area contributed by atoms with Crippen molar-refractivity contribution in [3.63, 3.8) is 0 Å². The van der Waals surface area contributed by atoms with E-state index in [0.29, 0.717) is 18.1 Å². The third kappa shape index (κ3) is 5.67. The molecule has 1 unspecified atom stereocenters.